The van der Waals surface area contributed by atoms with Gasteiger partial charge in [0.1, 0.15) is 5.82 Å². The summed E-state index contributed by atoms with van der Waals surface area (Å²) in [6.45, 7) is 4.67. The standard InChI is InChI=1S/C12H14FN3/c1-9-8-16(3-2-15-9)12-5-10(7-14)4-11(13)6-12/h4-6,9,15H,2-3,8H2,1H3/t9-/m1/s1. The van der Waals surface area contributed by atoms with Gasteiger partial charge in [0.15, 0.2) is 0 Å². The average molecular weight is 219 g/mol. The molecule has 1 aromatic rings. The van der Waals surface area contributed by atoms with Gasteiger partial charge in [-0.1, -0.05) is 0 Å². The number of nitrogens with one attached hydrogen (secondary N) is 1. The molecule has 2 rings (SSSR count). The Morgan fingerprint density at radius 1 is 1.50 bits per heavy atom. The normalized spacial score (nSPS) is 20.6. The highest BCUT2D eigenvalue weighted by Gasteiger charge is 2.16. The van der Waals surface area contributed by atoms with Crippen molar-refractivity contribution in [3.8, 4) is 6.07 Å². The fraction of sp³-hybridized carbons (Fsp3) is 0.417. The van der Waals surface area contributed by atoms with Gasteiger partial charge in [-0.2, -0.15) is 5.26 Å². The highest BCUT2D eigenvalue weighted by molar-refractivity contribution is 5.52. The summed E-state index contributed by atoms with van der Waals surface area (Å²) in [6, 6.07) is 6.85. The third kappa shape index (κ3) is 2.31. The lowest BCUT2D eigenvalue weighted by atomic mass is 10.1. The Labute approximate surface area is 94.5 Å². The van der Waals surface area contributed by atoms with E-state index in [1.807, 2.05) is 6.07 Å². The maximum absolute atomic E-state index is 13.3. The van der Waals surface area contributed by atoms with Crippen molar-refractivity contribution in [1.82, 2.24) is 5.32 Å². The molecule has 0 aliphatic carbocycles. The molecule has 0 amide bonds. The van der Waals surface area contributed by atoms with Crippen LogP contribution in [0.3, 0.4) is 0 Å². The fourth-order valence-electron chi connectivity index (χ4n) is 1.99. The quantitative estimate of drug-likeness (QED) is 0.778. The molecule has 1 aliphatic rings. The minimum atomic E-state index is -0.347. The molecule has 0 spiro atoms. The zero-order valence-corrected chi connectivity index (χ0v) is 9.20. The second-order valence-corrected chi connectivity index (χ2v) is 4.11. The maximum atomic E-state index is 13.3. The Bertz CT molecular complexity index is 425. The van der Waals surface area contributed by atoms with Crippen LogP contribution in [-0.4, -0.2) is 25.7 Å². The van der Waals surface area contributed by atoms with Gasteiger partial charge in [0.05, 0.1) is 11.6 Å². The van der Waals surface area contributed by atoms with Gasteiger partial charge < -0.3 is 10.2 Å². The molecule has 0 aromatic heterocycles. The van der Waals surface area contributed by atoms with Gasteiger partial charge in [0.2, 0.25) is 0 Å². The number of hydrogen-bond acceptors (Lipinski definition) is 3. The van der Waals surface area contributed by atoms with Crippen molar-refractivity contribution in [2.45, 2.75) is 13.0 Å². The Hall–Kier alpha value is -1.60. The van der Waals surface area contributed by atoms with Gasteiger partial charge in [0.25, 0.3) is 0 Å². The summed E-state index contributed by atoms with van der Waals surface area (Å²) < 4.78 is 13.3. The maximum Gasteiger partial charge on any atom is 0.126 e. The Balaban J connectivity index is 2.26. The van der Waals surface area contributed by atoms with Crippen LogP contribution >= 0.6 is 0 Å². The van der Waals surface area contributed by atoms with E-state index in [4.69, 9.17) is 5.26 Å². The van der Waals surface area contributed by atoms with E-state index >= 15 is 0 Å². The fourth-order valence-corrected chi connectivity index (χ4v) is 1.99. The molecule has 1 N–H and O–H groups in total. The molecule has 1 saturated heterocycles. The lowest BCUT2D eigenvalue weighted by Gasteiger charge is -2.33. The molecule has 1 atom stereocenters. The SMILES string of the molecule is C[C@@H]1CN(c2cc(F)cc(C#N)c2)CCN1. The van der Waals surface area contributed by atoms with Crippen molar-refractivity contribution in [3.05, 3.63) is 29.6 Å². The van der Waals surface area contributed by atoms with Gasteiger partial charge in [-0.3, -0.25) is 0 Å². The molecule has 84 valence electrons. The molecule has 0 unspecified atom stereocenters. The number of nitrogens with zero attached hydrogens (tertiary/aromatic N) is 2. The summed E-state index contributed by atoms with van der Waals surface area (Å²) in [6.07, 6.45) is 0. The monoisotopic (exact) mass is 219 g/mol. The van der Waals surface area contributed by atoms with Crippen LogP contribution in [0.4, 0.5) is 10.1 Å². The topological polar surface area (TPSA) is 39.1 Å². The van der Waals surface area contributed by atoms with E-state index in [0.29, 0.717) is 11.6 Å². The highest BCUT2D eigenvalue weighted by atomic mass is 19.1. The van der Waals surface area contributed by atoms with Crippen LogP contribution in [0.15, 0.2) is 18.2 Å². The third-order valence-electron chi connectivity index (χ3n) is 2.75. The van der Waals surface area contributed by atoms with Crippen LogP contribution in [0.25, 0.3) is 0 Å². The minimum absolute atomic E-state index is 0.347. The second kappa shape index (κ2) is 4.50. The molecular formula is C12H14FN3. The molecule has 16 heavy (non-hydrogen) atoms. The summed E-state index contributed by atoms with van der Waals surface area (Å²) in [5, 5.41) is 12.1. The number of benzene rings is 1. The van der Waals surface area contributed by atoms with Crippen molar-refractivity contribution in [2.24, 2.45) is 0 Å². The largest absolute Gasteiger partial charge is 0.369 e. The molecule has 0 saturated carbocycles. The van der Waals surface area contributed by atoms with E-state index in [-0.39, 0.29) is 5.82 Å². The summed E-state index contributed by atoms with van der Waals surface area (Å²) in [4.78, 5) is 2.10. The molecule has 1 heterocycles. The second-order valence-electron chi connectivity index (χ2n) is 4.11. The minimum Gasteiger partial charge on any atom is -0.369 e. The summed E-state index contributed by atoms with van der Waals surface area (Å²) in [5.41, 5.74) is 1.17. The van der Waals surface area contributed by atoms with Gasteiger partial charge in [-0.25, -0.2) is 4.39 Å². The van der Waals surface area contributed by atoms with E-state index in [1.54, 1.807) is 6.07 Å². The van der Waals surface area contributed by atoms with Crippen molar-refractivity contribution in [2.75, 3.05) is 24.5 Å². The van der Waals surface area contributed by atoms with Gasteiger partial charge in [-0.15, -0.1) is 0 Å². The zero-order valence-electron chi connectivity index (χ0n) is 9.20. The third-order valence-corrected chi connectivity index (χ3v) is 2.75. The molecule has 1 aromatic carbocycles. The summed E-state index contributed by atoms with van der Waals surface area (Å²) in [7, 11) is 0. The first kappa shape index (κ1) is 10.9. The molecular weight excluding hydrogens is 205 g/mol. The first-order valence-electron chi connectivity index (χ1n) is 5.38. The predicted molar refractivity (Wildman–Crippen MR) is 60.8 cm³/mol. The van der Waals surface area contributed by atoms with Crippen molar-refractivity contribution in [1.29, 1.82) is 5.26 Å². The van der Waals surface area contributed by atoms with Gasteiger partial charge in [-0.05, 0) is 25.1 Å². The summed E-state index contributed by atoms with van der Waals surface area (Å²) >= 11 is 0. The first-order valence-corrected chi connectivity index (χ1v) is 5.38. The van der Waals surface area contributed by atoms with E-state index in [1.165, 1.54) is 12.1 Å². The number of anilines is 1. The zero-order chi connectivity index (χ0) is 11.5. The molecule has 1 fully saturated rings. The Kier molecular flexibility index (Phi) is 3.07. The Morgan fingerprint density at radius 2 is 2.31 bits per heavy atom. The van der Waals surface area contributed by atoms with Crippen LogP contribution in [0.2, 0.25) is 0 Å². The van der Waals surface area contributed by atoms with E-state index < -0.39 is 0 Å². The lowest BCUT2D eigenvalue weighted by Crippen LogP contribution is -2.49. The van der Waals surface area contributed by atoms with Crippen LogP contribution in [0.5, 0.6) is 0 Å². The predicted octanol–water partition coefficient (Wildman–Crippen LogP) is 1.50. The Morgan fingerprint density at radius 3 is 3.00 bits per heavy atom. The number of rotatable bonds is 1. The average Bonchev–Trinajstić information content (AvgIpc) is 2.28. The molecule has 0 bridgehead atoms. The van der Waals surface area contributed by atoms with E-state index in [9.17, 15) is 4.39 Å². The van der Waals surface area contributed by atoms with Crippen molar-refractivity contribution in [3.63, 3.8) is 0 Å². The van der Waals surface area contributed by atoms with Crippen molar-refractivity contribution >= 4 is 5.69 Å². The number of halogens is 1. The lowest BCUT2D eigenvalue weighted by molar-refractivity contribution is 0.484. The van der Waals surface area contributed by atoms with Crippen LogP contribution in [-0.2, 0) is 0 Å². The first-order chi connectivity index (χ1) is 7.69. The molecule has 0 radical (unpaired) electrons. The van der Waals surface area contributed by atoms with Crippen LogP contribution < -0.4 is 10.2 Å². The number of hydrogen-bond donors (Lipinski definition) is 1. The summed E-state index contributed by atoms with van der Waals surface area (Å²) in [5.74, 6) is -0.347. The smallest absolute Gasteiger partial charge is 0.126 e. The molecule has 1 aliphatic heterocycles. The molecule has 4 heteroatoms. The van der Waals surface area contributed by atoms with E-state index in [0.717, 1.165) is 25.3 Å². The van der Waals surface area contributed by atoms with Gasteiger partial charge in [0, 0.05) is 31.4 Å². The number of piperazine rings is 1. The van der Waals surface area contributed by atoms with E-state index in [2.05, 4.69) is 17.1 Å². The van der Waals surface area contributed by atoms with Crippen LogP contribution in [0, 0.1) is 17.1 Å². The highest BCUT2D eigenvalue weighted by Crippen LogP contribution is 2.19. The van der Waals surface area contributed by atoms with Crippen LogP contribution in [0.1, 0.15) is 12.5 Å². The molecule has 3 nitrogen and oxygen atoms in total. The van der Waals surface area contributed by atoms with Crippen molar-refractivity contribution < 1.29 is 4.39 Å². The number of nitriles is 1. The van der Waals surface area contributed by atoms with Gasteiger partial charge >= 0.3 is 0 Å².